The van der Waals surface area contributed by atoms with Gasteiger partial charge in [-0.15, -0.1) is 11.3 Å². The maximum Gasteiger partial charge on any atom is 0.00457 e. The van der Waals surface area contributed by atoms with E-state index >= 15 is 0 Å². The highest BCUT2D eigenvalue weighted by molar-refractivity contribution is 7.09. The molecule has 1 saturated carbocycles. The van der Waals surface area contributed by atoms with Gasteiger partial charge >= 0.3 is 0 Å². The minimum absolute atomic E-state index is 0.978. The molecule has 0 aromatic carbocycles. The van der Waals surface area contributed by atoms with Crippen LogP contribution in [0.1, 0.15) is 37.0 Å². The van der Waals surface area contributed by atoms with Crippen molar-refractivity contribution in [3.05, 3.63) is 22.4 Å². The second-order valence-corrected chi connectivity index (χ2v) is 5.57. The lowest BCUT2D eigenvalue weighted by Gasteiger charge is -2.09. The minimum Gasteiger partial charge on any atom is -0.316 e. The van der Waals surface area contributed by atoms with Gasteiger partial charge in [0.15, 0.2) is 0 Å². The molecule has 1 aromatic heterocycles. The second-order valence-electron chi connectivity index (χ2n) is 4.54. The lowest BCUT2D eigenvalue weighted by atomic mass is 10.1. The van der Waals surface area contributed by atoms with E-state index in [4.69, 9.17) is 0 Å². The van der Waals surface area contributed by atoms with Crippen LogP contribution in [0.5, 0.6) is 0 Å². The van der Waals surface area contributed by atoms with Crippen molar-refractivity contribution in [2.45, 2.75) is 38.5 Å². The lowest BCUT2D eigenvalue weighted by molar-refractivity contribution is 0.486. The Balaban J connectivity index is 1.48. The van der Waals surface area contributed by atoms with E-state index in [-0.39, 0.29) is 0 Å². The fourth-order valence-electron chi connectivity index (χ4n) is 2.36. The molecule has 1 N–H and O–H groups in total. The fraction of sp³-hybridized carbons (Fsp3) is 0.692. The van der Waals surface area contributed by atoms with Crippen LogP contribution < -0.4 is 5.32 Å². The van der Waals surface area contributed by atoms with E-state index in [1.165, 1.54) is 56.5 Å². The van der Waals surface area contributed by atoms with Crippen LogP contribution >= 0.6 is 11.3 Å². The summed E-state index contributed by atoms with van der Waals surface area (Å²) in [5.41, 5.74) is 0. The maximum atomic E-state index is 3.59. The summed E-state index contributed by atoms with van der Waals surface area (Å²) < 4.78 is 0. The number of thiophene rings is 1. The number of hydrogen-bond donors (Lipinski definition) is 1. The van der Waals surface area contributed by atoms with E-state index in [1.807, 2.05) is 11.3 Å². The average Bonchev–Trinajstić information content (AvgIpc) is 2.88. The van der Waals surface area contributed by atoms with Gasteiger partial charge in [0.05, 0.1) is 0 Å². The van der Waals surface area contributed by atoms with Crippen LogP contribution in [0.3, 0.4) is 0 Å². The Kier molecular flexibility index (Phi) is 4.68. The molecule has 84 valence electrons. The molecule has 0 saturated heterocycles. The SMILES string of the molecule is c1csc(CCCNCC2CCCC2)c1. The van der Waals surface area contributed by atoms with E-state index in [2.05, 4.69) is 22.8 Å². The van der Waals surface area contributed by atoms with Crippen molar-refractivity contribution in [3.8, 4) is 0 Å². The molecule has 0 amide bonds. The first-order valence-electron chi connectivity index (χ1n) is 6.18. The van der Waals surface area contributed by atoms with E-state index in [0.717, 1.165) is 5.92 Å². The van der Waals surface area contributed by atoms with Crippen LogP contribution in [0.4, 0.5) is 0 Å². The highest BCUT2D eigenvalue weighted by Gasteiger charge is 2.13. The molecule has 0 atom stereocenters. The molecule has 1 fully saturated rings. The molecule has 1 aliphatic rings. The smallest absolute Gasteiger partial charge is 0.00457 e. The average molecular weight is 223 g/mol. The predicted octanol–water partition coefficient (Wildman–Crippen LogP) is 3.46. The quantitative estimate of drug-likeness (QED) is 0.728. The molecule has 0 spiro atoms. The molecule has 2 rings (SSSR count). The fourth-order valence-corrected chi connectivity index (χ4v) is 3.11. The van der Waals surface area contributed by atoms with Crippen LogP contribution in [-0.2, 0) is 6.42 Å². The number of aryl methyl sites for hydroxylation is 1. The zero-order valence-electron chi connectivity index (χ0n) is 9.37. The highest BCUT2D eigenvalue weighted by atomic mass is 32.1. The molecular formula is C13H21NS. The first-order chi connectivity index (χ1) is 7.45. The van der Waals surface area contributed by atoms with Gasteiger partial charge in [-0.3, -0.25) is 0 Å². The van der Waals surface area contributed by atoms with Gasteiger partial charge in [-0.1, -0.05) is 18.9 Å². The Labute approximate surface area is 96.9 Å². The van der Waals surface area contributed by atoms with Crippen molar-refractivity contribution in [1.82, 2.24) is 5.32 Å². The van der Waals surface area contributed by atoms with Crippen LogP contribution in [0, 0.1) is 5.92 Å². The molecule has 0 aliphatic heterocycles. The molecule has 1 aliphatic carbocycles. The van der Waals surface area contributed by atoms with Crippen molar-refractivity contribution in [1.29, 1.82) is 0 Å². The largest absolute Gasteiger partial charge is 0.316 e. The topological polar surface area (TPSA) is 12.0 Å². The van der Waals surface area contributed by atoms with Gasteiger partial charge in [-0.05, 0) is 56.1 Å². The second kappa shape index (κ2) is 6.29. The molecular weight excluding hydrogens is 202 g/mol. The first-order valence-corrected chi connectivity index (χ1v) is 7.06. The van der Waals surface area contributed by atoms with E-state index in [0.29, 0.717) is 0 Å². The third-order valence-corrected chi connectivity index (χ3v) is 4.20. The van der Waals surface area contributed by atoms with Crippen LogP contribution in [0.2, 0.25) is 0 Å². The maximum absolute atomic E-state index is 3.59. The van der Waals surface area contributed by atoms with Crippen molar-refractivity contribution in [2.75, 3.05) is 13.1 Å². The third-order valence-electron chi connectivity index (χ3n) is 3.26. The summed E-state index contributed by atoms with van der Waals surface area (Å²) in [6.07, 6.45) is 8.36. The van der Waals surface area contributed by atoms with Gasteiger partial charge < -0.3 is 5.32 Å². The molecule has 1 heterocycles. The van der Waals surface area contributed by atoms with E-state index < -0.39 is 0 Å². The van der Waals surface area contributed by atoms with Crippen molar-refractivity contribution in [2.24, 2.45) is 5.92 Å². The molecule has 1 nitrogen and oxygen atoms in total. The zero-order valence-corrected chi connectivity index (χ0v) is 10.2. The number of nitrogens with one attached hydrogen (secondary N) is 1. The summed E-state index contributed by atoms with van der Waals surface area (Å²) in [6.45, 7) is 2.44. The Hall–Kier alpha value is -0.340. The van der Waals surface area contributed by atoms with Gasteiger partial charge in [0.1, 0.15) is 0 Å². The van der Waals surface area contributed by atoms with Gasteiger partial charge in [0.2, 0.25) is 0 Å². The first kappa shape index (κ1) is 11.2. The van der Waals surface area contributed by atoms with Crippen LogP contribution in [0.25, 0.3) is 0 Å². The monoisotopic (exact) mass is 223 g/mol. The van der Waals surface area contributed by atoms with Crippen molar-refractivity contribution >= 4 is 11.3 Å². The summed E-state index contributed by atoms with van der Waals surface area (Å²) >= 11 is 1.88. The van der Waals surface area contributed by atoms with E-state index in [1.54, 1.807) is 0 Å². The Morgan fingerprint density at radius 1 is 1.33 bits per heavy atom. The number of rotatable bonds is 6. The molecule has 0 bridgehead atoms. The minimum atomic E-state index is 0.978. The van der Waals surface area contributed by atoms with E-state index in [9.17, 15) is 0 Å². The third kappa shape index (κ3) is 3.96. The molecule has 2 heteroatoms. The number of hydrogen-bond acceptors (Lipinski definition) is 2. The molecule has 1 aromatic rings. The Morgan fingerprint density at radius 2 is 2.20 bits per heavy atom. The normalized spacial score (nSPS) is 17.3. The van der Waals surface area contributed by atoms with Crippen LogP contribution in [-0.4, -0.2) is 13.1 Å². The standard InChI is InChI=1S/C13H21NS/c1-2-6-12(5-1)11-14-9-3-7-13-8-4-10-15-13/h4,8,10,12,14H,1-3,5-7,9,11H2. The molecule has 0 radical (unpaired) electrons. The molecule has 15 heavy (non-hydrogen) atoms. The highest BCUT2D eigenvalue weighted by Crippen LogP contribution is 2.23. The summed E-state index contributed by atoms with van der Waals surface area (Å²) in [7, 11) is 0. The van der Waals surface area contributed by atoms with Crippen LogP contribution in [0.15, 0.2) is 17.5 Å². The van der Waals surface area contributed by atoms with Crippen molar-refractivity contribution in [3.63, 3.8) is 0 Å². The van der Waals surface area contributed by atoms with Crippen molar-refractivity contribution < 1.29 is 0 Å². The summed E-state index contributed by atoms with van der Waals surface area (Å²) in [6, 6.07) is 4.38. The van der Waals surface area contributed by atoms with Gasteiger partial charge in [-0.25, -0.2) is 0 Å². The Bertz CT molecular complexity index is 250. The Morgan fingerprint density at radius 3 is 2.93 bits per heavy atom. The van der Waals surface area contributed by atoms with Gasteiger partial charge in [0, 0.05) is 4.88 Å². The van der Waals surface area contributed by atoms with Gasteiger partial charge in [0.25, 0.3) is 0 Å². The van der Waals surface area contributed by atoms with Gasteiger partial charge in [-0.2, -0.15) is 0 Å². The summed E-state index contributed by atoms with van der Waals surface area (Å²) in [5, 5.41) is 5.76. The molecule has 0 unspecified atom stereocenters. The zero-order chi connectivity index (χ0) is 10.3. The predicted molar refractivity (Wildman–Crippen MR) is 67.5 cm³/mol. The summed E-state index contributed by atoms with van der Waals surface area (Å²) in [5.74, 6) is 0.978. The lowest BCUT2D eigenvalue weighted by Crippen LogP contribution is -2.22. The summed E-state index contributed by atoms with van der Waals surface area (Å²) in [4.78, 5) is 1.53.